The average molecular weight is 338 g/mol. The zero-order valence-corrected chi connectivity index (χ0v) is 12.2. The zero-order chi connectivity index (χ0) is 14.7. The van der Waals surface area contributed by atoms with Crippen molar-refractivity contribution in [3.8, 4) is 11.5 Å². The van der Waals surface area contributed by atoms with Gasteiger partial charge < -0.3 is 10.5 Å². The second-order valence-electron chi connectivity index (χ2n) is 4.18. The third kappa shape index (κ3) is 3.31. The first-order valence-corrected chi connectivity index (χ1v) is 6.60. The average Bonchev–Trinajstić information content (AvgIpc) is 2.41. The summed E-state index contributed by atoms with van der Waals surface area (Å²) in [5, 5.41) is 10.7. The van der Waals surface area contributed by atoms with Crippen molar-refractivity contribution in [1.82, 2.24) is 4.98 Å². The van der Waals surface area contributed by atoms with Crippen molar-refractivity contribution in [2.75, 3.05) is 0 Å². The number of benzene rings is 1. The molecule has 104 valence electrons. The van der Waals surface area contributed by atoms with E-state index >= 15 is 0 Å². The number of pyridine rings is 1. The number of rotatable bonds is 4. The predicted octanol–water partition coefficient (Wildman–Crippen LogP) is 3.56. The molecular formula is C13H12BrN3O3. The summed E-state index contributed by atoms with van der Waals surface area (Å²) in [6.07, 6.45) is 1.53. The Morgan fingerprint density at radius 1 is 1.40 bits per heavy atom. The van der Waals surface area contributed by atoms with Crippen LogP contribution in [0.5, 0.6) is 11.5 Å². The van der Waals surface area contributed by atoms with Gasteiger partial charge >= 0.3 is 0 Å². The Kier molecular flexibility index (Phi) is 4.31. The first kappa shape index (κ1) is 14.4. The van der Waals surface area contributed by atoms with Gasteiger partial charge in [-0.25, -0.2) is 0 Å². The Morgan fingerprint density at radius 3 is 2.70 bits per heavy atom. The maximum atomic E-state index is 10.7. The standard InChI is InChI=1S/C13H12BrN3O3/c1-8(15)12-5-3-10(7-16-12)20-13-6-9(17(18)19)2-4-11(13)14/h2-8H,15H2,1H3/t8-/m0/s1. The molecule has 0 aliphatic carbocycles. The zero-order valence-electron chi connectivity index (χ0n) is 10.6. The summed E-state index contributed by atoms with van der Waals surface area (Å²) in [6, 6.07) is 7.63. The minimum atomic E-state index is -0.475. The van der Waals surface area contributed by atoms with E-state index in [0.717, 1.165) is 5.69 Å². The molecule has 1 atom stereocenters. The van der Waals surface area contributed by atoms with Gasteiger partial charge in [-0.2, -0.15) is 0 Å². The molecule has 2 aromatic rings. The van der Waals surface area contributed by atoms with Gasteiger partial charge in [-0.1, -0.05) is 0 Å². The van der Waals surface area contributed by atoms with Gasteiger partial charge in [-0.3, -0.25) is 15.1 Å². The van der Waals surface area contributed by atoms with E-state index in [-0.39, 0.29) is 11.7 Å². The molecule has 20 heavy (non-hydrogen) atoms. The molecule has 1 aromatic carbocycles. The van der Waals surface area contributed by atoms with Gasteiger partial charge in [0.25, 0.3) is 5.69 Å². The first-order valence-electron chi connectivity index (χ1n) is 5.80. The number of aromatic nitrogens is 1. The van der Waals surface area contributed by atoms with Crippen molar-refractivity contribution in [2.45, 2.75) is 13.0 Å². The van der Waals surface area contributed by atoms with Gasteiger partial charge in [-0.05, 0) is 41.1 Å². The highest BCUT2D eigenvalue weighted by Crippen LogP contribution is 2.32. The maximum absolute atomic E-state index is 10.7. The highest BCUT2D eigenvalue weighted by atomic mass is 79.9. The molecule has 0 radical (unpaired) electrons. The number of hydrogen-bond acceptors (Lipinski definition) is 5. The van der Waals surface area contributed by atoms with E-state index in [1.54, 1.807) is 18.2 Å². The van der Waals surface area contributed by atoms with Crippen LogP contribution in [0.4, 0.5) is 5.69 Å². The van der Waals surface area contributed by atoms with Crippen LogP contribution < -0.4 is 10.5 Å². The molecule has 0 unspecified atom stereocenters. The highest BCUT2D eigenvalue weighted by Gasteiger charge is 2.11. The topological polar surface area (TPSA) is 91.3 Å². The molecule has 2 N–H and O–H groups in total. The van der Waals surface area contributed by atoms with E-state index in [0.29, 0.717) is 16.0 Å². The molecule has 0 aliphatic rings. The SMILES string of the molecule is C[C@H](N)c1ccc(Oc2cc([N+](=O)[O-])ccc2Br)cn1. The number of halogens is 1. The summed E-state index contributed by atoms with van der Waals surface area (Å²) in [4.78, 5) is 14.4. The van der Waals surface area contributed by atoms with Crippen molar-refractivity contribution < 1.29 is 9.66 Å². The lowest BCUT2D eigenvalue weighted by molar-refractivity contribution is -0.384. The number of nitrogens with two attached hydrogens (primary N) is 1. The largest absolute Gasteiger partial charge is 0.454 e. The van der Waals surface area contributed by atoms with Crippen molar-refractivity contribution in [1.29, 1.82) is 0 Å². The number of nitro groups is 1. The predicted molar refractivity (Wildman–Crippen MR) is 77.7 cm³/mol. The van der Waals surface area contributed by atoms with Crippen LogP contribution in [0.15, 0.2) is 41.0 Å². The lowest BCUT2D eigenvalue weighted by Crippen LogP contribution is -2.06. The summed E-state index contributed by atoms with van der Waals surface area (Å²) >= 11 is 3.29. The quantitative estimate of drug-likeness (QED) is 0.680. The van der Waals surface area contributed by atoms with Gasteiger partial charge in [0.2, 0.25) is 0 Å². The molecule has 6 nitrogen and oxygen atoms in total. The van der Waals surface area contributed by atoms with Gasteiger partial charge in [0.15, 0.2) is 0 Å². The summed E-state index contributed by atoms with van der Waals surface area (Å²) in [6.45, 7) is 1.83. The Balaban J connectivity index is 2.25. The Hall–Kier alpha value is -1.99. The van der Waals surface area contributed by atoms with Crippen LogP contribution in [0.3, 0.4) is 0 Å². The molecule has 0 bridgehead atoms. The summed E-state index contributed by atoms with van der Waals surface area (Å²) in [5.74, 6) is 0.838. The third-order valence-electron chi connectivity index (χ3n) is 2.58. The van der Waals surface area contributed by atoms with Gasteiger partial charge in [0.05, 0.1) is 27.4 Å². The molecule has 0 aliphatic heterocycles. The third-order valence-corrected chi connectivity index (χ3v) is 3.23. The Bertz CT molecular complexity index is 629. The fourth-order valence-electron chi connectivity index (χ4n) is 1.53. The molecule has 0 fully saturated rings. The van der Waals surface area contributed by atoms with Gasteiger partial charge in [-0.15, -0.1) is 0 Å². The lowest BCUT2D eigenvalue weighted by Gasteiger charge is -2.09. The summed E-state index contributed by atoms with van der Waals surface area (Å²) < 4.78 is 6.20. The van der Waals surface area contributed by atoms with Crippen LogP contribution in [0, 0.1) is 10.1 Å². The van der Waals surface area contributed by atoms with E-state index < -0.39 is 4.92 Å². The lowest BCUT2D eigenvalue weighted by atomic mass is 10.2. The second kappa shape index (κ2) is 5.98. The molecule has 0 amide bonds. The van der Waals surface area contributed by atoms with Crippen LogP contribution in [0.1, 0.15) is 18.7 Å². The van der Waals surface area contributed by atoms with E-state index in [2.05, 4.69) is 20.9 Å². The van der Waals surface area contributed by atoms with Crippen LogP contribution in [0.2, 0.25) is 0 Å². The smallest absolute Gasteiger partial charge is 0.273 e. The number of ether oxygens (including phenoxy) is 1. The molecule has 1 aromatic heterocycles. The molecule has 7 heteroatoms. The van der Waals surface area contributed by atoms with Crippen LogP contribution in [-0.4, -0.2) is 9.91 Å². The van der Waals surface area contributed by atoms with E-state index in [4.69, 9.17) is 10.5 Å². The van der Waals surface area contributed by atoms with Gasteiger partial charge in [0, 0.05) is 12.1 Å². The van der Waals surface area contributed by atoms with Crippen LogP contribution in [0.25, 0.3) is 0 Å². The molecule has 1 heterocycles. The van der Waals surface area contributed by atoms with Gasteiger partial charge in [0.1, 0.15) is 11.5 Å². The molecule has 0 saturated heterocycles. The minimum absolute atomic E-state index is 0.0386. The fraction of sp³-hybridized carbons (Fsp3) is 0.154. The fourth-order valence-corrected chi connectivity index (χ4v) is 1.86. The molecular weight excluding hydrogens is 326 g/mol. The van der Waals surface area contributed by atoms with E-state index in [9.17, 15) is 10.1 Å². The summed E-state index contributed by atoms with van der Waals surface area (Å²) in [5.41, 5.74) is 6.42. The van der Waals surface area contributed by atoms with E-state index in [1.807, 2.05) is 6.92 Å². The number of hydrogen-bond donors (Lipinski definition) is 1. The second-order valence-corrected chi connectivity index (χ2v) is 5.04. The number of nitrogens with zero attached hydrogens (tertiary/aromatic N) is 2. The summed E-state index contributed by atoms with van der Waals surface area (Å²) in [7, 11) is 0. The Morgan fingerprint density at radius 2 is 2.15 bits per heavy atom. The van der Waals surface area contributed by atoms with Crippen molar-refractivity contribution in [3.63, 3.8) is 0 Å². The Labute approximate surface area is 123 Å². The molecule has 0 spiro atoms. The normalized spacial score (nSPS) is 11.9. The number of nitro benzene ring substituents is 1. The van der Waals surface area contributed by atoms with Crippen LogP contribution in [-0.2, 0) is 0 Å². The van der Waals surface area contributed by atoms with Crippen molar-refractivity contribution in [3.05, 3.63) is 56.8 Å². The van der Waals surface area contributed by atoms with Crippen molar-refractivity contribution in [2.24, 2.45) is 5.73 Å². The monoisotopic (exact) mass is 337 g/mol. The minimum Gasteiger partial charge on any atom is -0.454 e. The first-order chi connectivity index (χ1) is 9.47. The maximum Gasteiger partial charge on any atom is 0.273 e. The van der Waals surface area contributed by atoms with Crippen molar-refractivity contribution >= 4 is 21.6 Å². The van der Waals surface area contributed by atoms with E-state index in [1.165, 1.54) is 18.3 Å². The highest BCUT2D eigenvalue weighted by molar-refractivity contribution is 9.10. The molecule has 0 saturated carbocycles. The van der Waals surface area contributed by atoms with Crippen LogP contribution >= 0.6 is 15.9 Å². The molecule has 2 rings (SSSR count). The number of non-ortho nitro benzene ring substituents is 1.